The molecule has 334 valence electrons. The molecule has 70 heavy (non-hydrogen) atoms. The van der Waals surface area contributed by atoms with Crippen LogP contribution in [0.25, 0.3) is 99.5 Å². The summed E-state index contributed by atoms with van der Waals surface area (Å²) in [5.74, 6) is 0. The summed E-state index contributed by atoms with van der Waals surface area (Å²) in [5, 5.41) is 2.59. The lowest BCUT2D eigenvalue weighted by Crippen LogP contribution is -2.02. The first-order valence-corrected chi connectivity index (χ1v) is 23.5. The Bertz CT molecular complexity index is 3890. The predicted molar refractivity (Wildman–Crippen MR) is 282 cm³/mol. The summed E-state index contributed by atoms with van der Waals surface area (Å²) in [6.45, 7) is 0. The molecule has 0 radical (unpaired) electrons. The smallest absolute Gasteiger partial charge is 0.345 e. The number of fused-ring (bicyclic) bond motifs is 6. The average Bonchev–Trinajstić information content (AvgIpc) is 3.42. The molecule has 5 aromatic heterocycles. The molecule has 7 nitrogen and oxygen atoms in total. The molecule has 0 aliphatic heterocycles. The number of hydrogen-bond acceptors (Lipinski definition) is 7. The van der Waals surface area contributed by atoms with Crippen LogP contribution in [0, 0.1) is 0 Å². The molecule has 12 aromatic rings. The van der Waals surface area contributed by atoms with Crippen molar-refractivity contribution in [1.29, 1.82) is 0 Å². The van der Waals surface area contributed by atoms with Gasteiger partial charge in [-0.3, -0.25) is 15.0 Å². The maximum atomic E-state index is 12.9. The number of nitrogens with zero attached hydrogens (tertiary/aromatic N) is 3. The van der Waals surface area contributed by atoms with Crippen LogP contribution in [0.3, 0.4) is 0 Å². The summed E-state index contributed by atoms with van der Waals surface area (Å²) >= 11 is 0. The third-order valence-corrected chi connectivity index (χ3v) is 13.3. The van der Waals surface area contributed by atoms with Crippen molar-refractivity contribution < 1.29 is 8.83 Å². The minimum Gasteiger partial charge on any atom is -0.422 e. The standard InChI is InChI=1S/C63H43N3O4/c67-62-55-12-6-31-65-60(55)53-28-18-40(37-58(53)69-62)14-16-42-34-43(17-15-41-19-29-54-59(38-41)70-63(68)56-13-7-32-66-61(54)56)36-50(35-42)52-11-5-4-10-51(52)47-24-26-48(27-25-47)57-39-49(30-33-64-57)46-22-20-45(21-23-46)44-8-2-1-3-9-44/h1-13,18-39H,14-17H2. The minimum absolute atomic E-state index is 0.385. The second kappa shape index (κ2) is 18.2. The number of aryl methyl sites for hydroxylation is 4. The maximum Gasteiger partial charge on any atom is 0.345 e. The molecule has 7 aromatic carbocycles. The van der Waals surface area contributed by atoms with Crippen molar-refractivity contribution in [2.75, 3.05) is 0 Å². The first kappa shape index (κ1) is 42.3. The molecular formula is C63H43N3O4. The Morgan fingerprint density at radius 1 is 0.314 bits per heavy atom. The number of pyridine rings is 3. The fourth-order valence-electron chi connectivity index (χ4n) is 9.73. The van der Waals surface area contributed by atoms with Crippen molar-refractivity contribution in [2.45, 2.75) is 25.7 Å². The van der Waals surface area contributed by atoms with Crippen molar-refractivity contribution in [3.63, 3.8) is 0 Å². The third kappa shape index (κ3) is 8.35. The zero-order valence-corrected chi connectivity index (χ0v) is 38.0. The summed E-state index contributed by atoms with van der Waals surface area (Å²) in [5.41, 5.74) is 17.2. The fourth-order valence-corrected chi connectivity index (χ4v) is 9.73. The van der Waals surface area contributed by atoms with E-state index in [9.17, 15) is 9.59 Å². The Morgan fingerprint density at radius 2 is 0.800 bits per heavy atom. The summed E-state index contributed by atoms with van der Waals surface area (Å²) in [6.07, 6.45) is 8.31. The van der Waals surface area contributed by atoms with Gasteiger partial charge in [0.25, 0.3) is 0 Å². The highest BCUT2D eigenvalue weighted by Crippen LogP contribution is 2.36. The lowest BCUT2D eigenvalue weighted by molar-refractivity contribution is 0.568. The normalized spacial score (nSPS) is 11.5. The highest BCUT2D eigenvalue weighted by Gasteiger charge is 2.15. The van der Waals surface area contributed by atoms with Crippen molar-refractivity contribution in [2.24, 2.45) is 0 Å². The van der Waals surface area contributed by atoms with Crippen LogP contribution in [0.15, 0.2) is 231 Å². The molecule has 0 aliphatic carbocycles. The van der Waals surface area contributed by atoms with Crippen molar-refractivity contribution in [3.8, 4) is 55.8 Å². The summed E-state index contributed by atoms with van der Waals surface area (Å²) in [4.78, 5) is 39.5. The first-order chi connectivity index (χ1) is 34.5. The molecule has 0 N–H and O–H groups in total. The SMILES string of the molecule is O=c1oc2cc(CCc3cc(CCc4ccc5c(c4)oc(=O)c4cccnc45)cc(-c4ccccc4-c4ccc(-c5cc(-c6ccc(-c7ccccc7)cc6)ccn5)cc4)c3)ccc2c2ncccc12. The molecule has 5 heterocycles. The van der Waals surface area contributed by atoms with E-state index in [2.05, 4.69) is 149 Å². The summed E-state index contributed by atoms with van der Waals surface area (Å²) < 4.78 is 11.6. The fraction of sp³-hybridized carbons (Fsp3) is 0.0635. The van der Waals surface area contributed by atoms with Gasteiger partial charge >= 0.3 is 11.3 Å². The largest absolute Gasteiger partial charge is 0.422 e. The molecule has 0 bridgehead atoms. The zero-order chi connectivity index (χ0) is 47.0. The van der Waals surface area contributed by atoms with Crippen molar-refractivity contribution in [3.05, 3.63) is 256 Å². The predicted octanol–water partition coefficient (Wildman–Crippen LogP) is 14.3. The van der Waals surface area contributed by atoms with Crippen LogP contribution in [-0.2, 0) is 25.7 Å². The molecular weight excluding hydrogens is 863 g/mol. The Balaban J connectivity index is 0.852. The summed E-state index contributed by atoms with van der Waals surface area (Å²) in [7, 11) is 0. The number of benzene rings is 7. The third-order valence-electron chi connectivity index (χ3n) is 13.3. The monoisotopic (exact) mass is 905 g/mol. The van der Waals surface area contributed by atoms with Gasteiger partial charge in [0.05, 0.1) is 27.5 Å². The van der Waals surface area contributed by atoms with Gasteiger partial charge in [0.15, 0.2) is 0 Å². The first-order valence-electron chi connectivity index (χ1n) is 23.5. The quantitative estimate of drug-likeness (QED) is 0.0941. The van der Waals surface area contributed by atoms with Gasteiger partial charge in [-0.25, -0.2) is 9.59 Å². The number of hydrogen-bond donors (Lipinski definition) is 0. The van der Waals surface area contributed by atoms with E-state index in [1.807, 2.05) is 36.5 Å². The van der Waals surface area contributed by atoms with Crippen molar-refractivity contribution >= 4 is 43.7 Å². The topological polar surface area (TPSA) is 99.1 Å². The van der Waals surface area contributed by atoms with E-state index in [0.29, 0.717) is 33.0 Å². The number of rotatable bonds is 11. The Hall–Kier alpha value is -9.07. The van der Waals surface area contributed by atoms with Crippen LogP contribution < -0.4 is 11.3 Å². The average molecular weight is 906 g/mol. The Labute approximate surface area is 403 Å². The zero-order valence-electron chi connectivity index (χ0n) is 38.0. The number of aromatic nitrogens is 3. The molecule has 0 saturated carbocycles. The highest BCUT2D eigenvalue weighted by atomic mass is 16.4. The van der Waals surface area contributed by atoms with Gasteiger partial charge in [-0.1, -0.05) is 133 Å². The lowest BCUT2D eigenvalue weighted by Gasteiger charge is -2.15. The van der Waals surface area contributed by atoms with E-state index in [4.69, 9.17) is 13.8 Å². The highest BCUT2D eigenvalue weighted by molar-refractivity contribution is 6.02. The second-order valence-electron chi connectivity index (χ2n) is 17.8. The molecule has 0 fully saturated rings. The van der Waals surface area contributed by atoms with Gasteiger partial charge < -0.3 is 8.83 Å². The molecule has 0 aliphatic rings. The van der Waals surface area contributed by atoms with Crippen molar-refractivity contribution in [1.82, 2.24) is 15.0 Å². The molecule has 0 spiro atoms. The van der Waals surface area contributed by atoms with Crippen LogP contribution in [0.1, 0.15) is 22.3 Å². The van der Waals surface area contributed by atoms with Gasteiger partial charge in [0.2, 0.25) is 0 Å². The van der Waals surface area contributed by atoms with Crippen LogP contribution in [0.5, 0.6) is 0 Å². The van der Waals surface area contributed by atoms with Gasteiger partial charge in [0.1, 0.15) is 11.2 Å². The van der Waals surface area contributed by atoms with Crippen LogP contribution in [-0.4, -0.2) is 15.0 Å². The van der Waals surface area contributed by atoms with Gasteiger partial charge in [-0.05, 0) is 153 Å². The second-order valence-corrected chi connectivity index (χ2v) is 17.8. The van der Waals surface area contributed by atoms with E-state index in [1.165, 1.54) is 22.3 Å². The maximum absolute atomic E-state index is 12.9. The Kier molecular flexibility index (Phi) is 11.0. The van der Waals surface area contributed by atoms with Crippen LogP contribution >= 0.6 is 0 Å². The van der Waals surface area contributed by atoms with Crippen LogP contribution in [0.4, 0.5) is 0 Å². The van der Waals surface area contributed by atoms with E-state index in [0.717, 1.165) is 92.2 Å². The van der Waals surface area contributed by atoms with E-state index < -0.39 is 0 Å². The molecule has 7 heteroatoms. The Morgan fingerprint density at radius 3 is 1.39 bits per heavy atom. The van der Waals surface area contributed by atoms with Gasteiger partial charge in [-0.2, -0.15) is 0 Å². The lowest BCUT2D eigenvalue weighted by atomic mass is 9.90. The molecule has 0 amide bonds. The molecule has 0 unspecified atom stereocenters. The van der Waals surface area contributed by atoms with Crippen LogP contribution in [0.2, 0.25) is 0 Å². The van der Waals surface area contributed by atoms with E-state index in [1.54, 1.807) is 36.7 Å². The van der Waals surface area contributed by atoms with E-state index in [-0.39, 0.29) is 11.3 Å². The molecule has 0 saturated heterocycles. The molecule has 12 rings (SSSR count). The summed E-state index contributed by atoms with van der Waals surface area (Å²) in [6, 6.07) is 66.7. The van der Waals surface area contributed by atoms with Gasteiger partial charge in [-0.15, -0.1) is 0 Å². The van der Waals surface area contributed by atoms with Gasteiger partial charge in [0, 0.05) is 34.9 Å². The molecule has 0 atom stereocenters. The minimum atomic E-state index is -0.385. The van der Waals surface area contributed by atoms with E-state index >= 15 is 0 Å².